The smallest absolute Gasteiger partial charge is 0.273 e. The van der Waals surface area contributed by atoms with Crippen LogP contribution in [0.3, 0.4) is 0 Å². The molecule has 0 fully saturated rings. The standard InChI is InChI=1S/C16H12BrNO4/c1-21-11-5-9(6-12(8-11)22-2)15-16(19)13-4-3-10(17)7-14(13)18(15)20/h3-8H,1-2H3. The third-order valence-corrected chi connectivity index (χ3v) is 3.96. The number of halogens is 1. The van der Waals surface area contributed by atoms with Gasteiger partial charge in [0, 0.05) is 16.6 Å². The summed E-state index contributed by atoms with van der Waals surface area (Å²) in [5, 5.41) is 12.5. The fourth-order valence-corrected chi connectivity index (χ4v) is 2.75. The van der Waals surface area contributed by atoms with Crippen LogP contribution in [-0.4, -0.2) is 30.5 Å². The molecule has 0 bridgehead atoms. The Morgan fingerprint density at radius 2 is 1.68 bits per heavy atom. The number of fused-ring (bicyclic) bond motifs is 1. The first-order chi connectivity index (χ1) is 10.5. The molecule has 0 amide bonds. The first-order valence-corrected chi connectivity index (χ1v) is 7.26. The van der Waals surface area contributed by atoms with Crippen molar-refractivity contribution in [2.75, 3.05) is 14.2 Å². The van der Waals surface area contributed by atoms with Crippen molar-refractivity contribution in [1.29, 1.82) is 0 Å². The minimum absolute atomic E-state index is 0.0605. The molecule has 3 rings (SSSR count). The zero-order valence-electron chi connectivity index (χ0n) is 11.9. The van der Waals surface area contributed by atoms with Crippen LogP contribution in [0.4, 0.5) is 5.69 Å². The Hall–Kier alpha value is -2.34. The highest BCUT2D eigenvalue weighted by Crippen LogP contribution is 2.32. The molecule has 0 spiro atoms. The van der Waals surface area contributed by atoms with E-state index >= 15 is 0 Å². The van der Waals surface area contributed by atoms with E-state index in [1.165, 1.54) is 14.2 Å². The Kier molecular flexibility index (Phi) is 3.62. The first kappa shape index (κ1) is 14.6. The summed E-state index contributed by atoms with van der Waals surface area (Å²) in [5.41, 5.74) is 1.24. The van der Waals surface area contributed by atoms with Crippen LogP contribution in [0.1, 0.15) is 15.9 Å². The molecule has 2 aromatic carbocycles. The van der Waals surface area contributed by atoms with Gasteiger partial charge in [-0.05, 0) is 24.3 Å². The number of ether oxygens (including phenoxy) is 2. The number of methoxy groups -OCH3 is 2. The Balaban J connectivity index is 2.19. The normalized spacial score (nSPS) is 13.3. The van der Waals surface area contributed by atoms with Gasteiger partial charge in [-0.25, -0.2) is 0 Å². The number of benzene rings is 2. The molecule has 1 aliphatic rings. The van der Waals surface area contributed by atoms with E-state index in [0.717, 1.165) is 4.47 Å². The van der Waals surface area contributed by atoms with Gasteiger partial charge in [-0.1, -0.05) is 15.9 Å². The fraction of sp³-hybridized carbons (Fsp3) is 0.125. The number of nitrogens with zero attached hydrogens (tertiary/aromatic N) is 1. The monoisotopic (exact) mass is 361 g/mol. The average molecular weight is 362 g/mol. The molecule has 0 unspecified atom stereocenters. The summed E-state index contributed by atoms with van der Waals surface area (Å²) in [6.07, 6.45) is 0. The van der Waals surface area contributed by atoms with Crippen molar-refractivity contribution in [2.24, 2.45) is 0 Å². The molecule has 2 aromatic rings. The molecular weight excluding hydrogens is 350 g/mol. The number of hydrogen-bond donors (Lipinski definition) is 0. The number of rotatable bonds is 3. The second kappa shape index (κ2) is 5.46. The SMILES string of the molecule is COc1cc(OC)cc(C2=[N+]([O-])c3cc(Br)ccc3C2=O)c1. The number of hydrogen-bond acceptors (Lipinski definition) is 4. The van der Waals surface area contributed by atoms with Crippen LogP contribution in [0.5, 0.6) is 11.5 Å². The number of carbonyl (C=O) groups is 1. The van der Waals surface area contributed by atoms with Crippen LogP contribution in [0.15, 0.2) is 40.9 Å². The van der Waals surface area contributed by atoms with Gasteiger partial charge in [0.05, 0.1) is 19.8 Å². The van der Waals surface area contributed by atoms with Crippen molar-refractivity contribution in [3.05, 3.63) is 57.2 Å². The first-order valence-electron chi connectivity index (χ1n) is 6.47. The predicted molar refractivity (Wildman–Crippen MR) is 85.4 cm³/mol. The van der Waals surface area contributed by atoms with Gasteiger partial charge in [-0.3, -0.25) is 4.79 Å². The maximum Gasteiger partial charge on any atom is 0.273 e. The van der Waals surface area contributed by atoms with Crippen molar-refractivity contribution >= 4 is 33.1 Å². The molecule has 0 atom stereocenters. The lowest BCUT2D eigenvalue weighted by molar-refractivity contribution is -0.355. The van der Waals surface area contributed by atoms with Crippen LogP contribution in [0.25, 0.3) is 0 Å². The predicted octanol–water partition coefficient (Wildman–Crippen LogP) is 3.29. The average Bonchev–Trinajstić information content (AvgIpc) is 2.77. The van der Waals surface area contributed by atoms with E-state index in [-0.39, 0.29) is 11.5 Å². The van der Waals surface area contributed by atoms with E-state index in [9.17, 15) is 10.0 Å². The highest BCUT2D eigenvalue weighted by atomic mass is 79.9. The van der Waals surface area contributed by atoms with Gasteiger partial charge in [0.15, 0.2) is 0 Å². The van der Waals surface area contributed by atoms with Crippen molar-refractivity contribution in [1.82, 2.24) is 0 Å². The minimum Gasteiger partial charge on any atom is -0.618 e. The lowest BCUT2D eigenvalue weighted by Crippen LogP contribution is -2.16. The number of Topliss-reactive ketones (excluding diaryl/α,β-unsaturated/α-hetero) is 1. The van der Waals surface area contributed by atoms with E-state index in [4.69, 9.17) is 9.47 Å². The lowest BCUT2D eigenvalue weighted by atomic mass is 10.0. The van der Waals surface area contributed by atoms with Crippen molar-refractivity contribution < 1.29 is 19.0 Å². The van der Waals surface area contributed by atoms with E-state index < -0.39 is 0 Å². The maximum atomic E-state index is 12.5. The van der Waals surface area contributed by atoms with E-state index in [0.29, 0.717) is 33.1 Å². The van der Waals surface area contributed by atoms with Gasteiger partial charge in [-0.15, -0.1) is 0 Å². The van der Waals surface area contributed by atoms with Crippen LogP contribution >= 0.6 is 15.9 Å². The fourth-order valence-electron chi connectivity index (χ4n) is 2.40. The van der Waals surface area contributed by atoms with Crippen LogP contribution < -0.4 is 9.47 Å². The van der Waals surface area contributed by atoms with E-state index in [1.807, 2.05) is 0 Å². The Labute approximate surface area is 135 Å². The summed E-state index contributed by atoms with van der Waals surface area (Å²) in [5.74, 6) is 0.716. The number of carbonyl (C=O) groups excluding carboxylic acids is 1. The van der Waals surface area contributed by atoms with Gasteiger partial charge in [0.2, 0.25) is 5.69 Å². The topological polar surface area (TPSA) is 61.6 Å². The highest BCUT2D eigenvalue weighted by Gasteiger charge is 2.37. The molecule has 0 saturated heterocycles. The molecule has 22 heavy (non-hydrogen) atoms. The summed E-state index contributed by atoms with van der Waals surface area (Å²) in [4.78, 5) is 12.5. The van der Waals surface area contributed by atoms with Gasteiger partial charge in [-0.2, -0.15) is 4.74 Å². The van der Waals surface area contributed by atoms with Crippen molar-refractivity contribution in [3.8, 4) is 11.5 Å². The van der Waals surface area contributed by atoms with Crippen LogP contribution in [0.2, 0.25) is 0 Å². The van der Waals surface area contributed by atoms with Gasteiger partial charge in [0.25, 0.3) is 11.5 Å². The quantitative estimate of drug-likeness (QED) is 0.621. The molecule has 5 nitrogen and oxygen atoms in total. The zero-order valence-corrected chi connectivity index (χ0v) is 13.5. The third-order valence-electron chi connectivity index (χ3n) is 3.47. The lowest BCUT2D eigenvalue weighted by Gasteiger charge is -2.07. The molecule has 6 heteroatoms. The third kappa shape index (κ3) is 2.25. The van der Waals surface area contributed by atoms with Gasteiger partial charge < -0.3 is 14.7 Å². The number of ketones is 1. The molecule has 112 valence electrons. The van der Waals surface area contributed by atoms with Gasteiger partial charge >= 0.3 is 0 Å². The van der Waals surface area contributed by atoms with Crippen molar-refractivity contribution in [3.63, 3.8) is 0 Å². The molecule has 1 heterocycles. The molecule has 0 radical (unpaired) electrons. The summed E-state index contributed by atoms with van der Waals surface area (Å²) in [6.45, 7) is 0. The Morgan fingerprint density at radius 3 is 2.27 bits per heavy atom. The van der Waals surface area contributed by atoms with Crippen LogP contribution in [-0.2, 0) is 0 Å². The molecule has 0 aromatic heterocycles. The molecule has 0 N–H and O–H groups in total. The minimum atomic E-state index is -0.312. The molecule has 0 saturated carbocycles. The summed E-state index contributed by atoms with van der Waals surface area (Å²) in [7, 11) is 3.03. The second-order valence-electron chi connectivity index (χ2n) is 4.73. The van der Waals surface area contributed by atoms with Crippen molar-refractivity contribution in [2.45, 2.75) is 0 Å². The van der Waals surface area contributed by atoms with E-state index in [1.54, 1.807) is 36.4 Å². The largest absolute Gasteiger partial charge is 0.618 e. The molecular formula is C16H12BrNO4. The second-order valence-corrected chi connectivity index (χ2v) is 5.65. The zero-order chi connectivity index (χ0) is 15.9. The van der Waals surface area contributed by atoms with Crippen LogP contribution in [0, 0.1) is 5.21 Å². The maximum absolute atomic E-state index is 12.5. The summed E-state index contributed by atoms with van der Waals surface area (Å²) < 4.78 is 11.8. The summed E-state index contributed by atoms with van der Waals surface area (Å²) >= 11 is 3.31. The Morgan fingerprint density at radius 1 is 1.05 bits per heavy atom. The van der Waals surface area contributed by atoms with Gasteiger partial charge in [0.1, 0.15) is 17.1 Å². The summed E-state index contributed by atoms with van der Waals surface area (Å²) in [6, 6.07) is 9.97. The molecule has 1 aliphatic heterocycles. The highest BCUT2D eigenvalue weighted by molar-refractivity contribution is 9.10. The Bertz CT molecular complexity index is 792. The molecule has 0 aliphatic carbocycles. The van der Waals surface area contributed by atoms with E-state index in [2.05, 4.69) is 15.9 Å².